The SMILES string of the molecule is CC(C)c1ccnc(N2CC3CCC(C2)O3)n1. The van der Waals surface area contributed by atoms with Gasteiger partial charge in [0.2, 0.25) is 5.95 Å². The Morgan fingerprint density at radius 1 is 1.29 bits per heavy atom. The Morgan fingerprint density at radius 3 is 2.65 bits per heavy atom. The van der Waals surface area contributed by atoms with Crippen molar-refractivity contribution in [1.29, 1.82) is 0 Å². The average Bonchev–Trinajstić information content (AvgIpc) is 2.68. The third kappa shape index (κ3) is 2.14. The number of hydrogen-bond acceptors (Lipinski definition) is 4. The maximum absolute atomic E-state index is 5.83. The van der Waals surface area contributed by atoms with Crippen molar-refractivity contribution in [3.05, 3.63) is 18.0 Å². The predicted molar refractivity (Wildman–Crippen MR) is 66.2 cm³/mol. The summed E-state index contributed by atoms with van der Waals surface area (Å²) in [6.45, 7) is 6.21. The molecule has 3 rings (SSSR count). The van der Waals surface area contributed by atoms with Gasteiger partial charge in [-0.05, 0) is 24.8 Å². The molecule has 0 spiro atoms. The van der Waals surface area contributed by atoms with E-state index in [2.05, 4.69) is 28.7 Å². The molecular weight excluding hydrogens is 214 g/mol. The Balaban J connectivity index is 1.81. The van der Waals surface area contributed by atoms with Gasteiger partial charge in [-0.25, -0.2) is 9.97 Å². The molecule has 0 aliphatic carbocycles. The Kier molecular flexibility index (Phi) is 2.74. The van der Waals surface area contributed by atoms with Crippen molar-refractivity contribution in [3.8, 4) is 0 Å². The number of ether oxygens (including phenoxy) is 1. The molecule has 92 valence electrons. The molecule has 1 aromatic rings. The van der Waals surface area contributed by atoms with E-state index in [9.17, 15) is 0 Å². The Hall–Kier alpha value is -1.16. The van der Waals surface area contributed by atoms with Gasteiger partial charge in [-0.2, -0.15) is 0 Å². The predicted octanol–water partition coefficient (Wildman–Crippen LogP) is 1.97. The second-order valence-corrected chi connectivity index (χ2v) is 5.30. The zero-order valence-electron chi connectivity index (χ0n) is 10.5. The van der Waals surface area contributed by atoms with Gasteiger partial charge in [0.05, 0.1) is 12.2 Å². The highest BCUT2D eigenvalue weighted by Crippen LogP contribution is 2.28. The first kappa shape index (κ1) is 11.0. The van der Waals surface area contributed by atoms with Crippen LogP contribution in [0, 0.1) is 0 Å². The molecule has 2 aliphatic rings. The van der Waals surface area contributed by atoms with Gasteiger partial charge in [-0.3, -0.25) is 0 Å². The zero-order chi connectivity index (χ0) is 11.8. The molecule has 2 unspecified atom stereocenters. The van der Waals surface area contributed by atoms with Crippen molar-refractivity contribution < 1.29 is 4.74 Å². The molecule has 0 radical (unpaired) electrons. The van der Waals surface area contributed by atoms with E-state index in [1.165, 1.54) is 12.8 Å². The molecule has 0 aromatic carbocycles. The maximum atomic E-state index is 5.83. The number of aromatic nitrogens is 2. The molecule has 17 heavy (non-hydrogen) atoms. The quantitative estimate of drug-likeness (QED) is 0.782. The van der Waals surface area contributed by atoms with Crippen LogP contribution >= 0.6 is 0 Å². The number of rotatable bonds is 2. The second kappa shape index (κ2) is 4.26. The molecule has 0 saturated carbocycles. The molecule has 4 heteroatoms. The van der Waals surface area contributed by atoms with Crippen molar-refractivity contribution in [2.24, 2.45) is 0 Å². The lowest BCUT2D eigenvalue weighted by atomic mass is 10.1. The molecule has 0 amide bonds. The van der Waals surface area contributed by atoms with Crippen LogP contribution in [0.15, 0.2) is 12.3 Å². The van der Waals surface area contributed by atoms with Gasteiger partial charge in [-0.1, -0.05) is 13.8 Å². The summed E-state index contributed by atoms with van der Waals surface area (Å²) in [5, 5.41) is 0. The number of anilines is 1. The molecule has 2 aliphatic heterocycles. The third-order valence-electron chi connectivity index (χ3n) is 3.58. The minimum absolute atomic E-state index is 0.389. The maximum Gasteiger partial charge on any atom is 0.225 e. The lowest BCUT2D eigenvalue weighted by Crippen LogP contribution is -2.43. The first-order valence-corrected chi connectivity index (χ1v) is 6.45. The van der Waals surface area contributed by atoms with E-state index in [0.29, 0.717) is 18.1 Å². The summed E-state index contributed by atoms with van der Waals surface area (Å²) < 4.78 is 5.83. The summed E-state index contributed by atoms with van der Waals surface area (Å²) in [5.41, 5.74) is 1.12. The van der Waals surface area contributed by atoms with Gasteiger partial charge in [0.25, 0.3) is 0 Å². The van der Waals surface area contributed by atoms with Crippen molar-refractivity contribution >= 4 is 5.95 Å². The lowest BCUT2D eigenvalue weighted by molar-refractivity contribution is 0.0299. The van der Waals surface area contributed by atoms with Crippen LogP contribution in [-0.4, -0.2) is 35.3 Å². The van der Waals surface area contributed by atoms with E-state index in [1.54, 1.807) is 0 Å². The molecule has 1 aromatic heterocycles. The van der Waals surface area contributed by atoms with Crippen LogP contribution in [0.3, 0.4) is 0 Å². The van der Waals surface area contributed by atoms with Crippen molar-refractivity contribution in [2.75, 3.05) is 18.0 Å². The van der Waals surface area contributed by atoms with Crippen LogP contribution in [0.25, 0.3) is 0 Å². The zero-order valence-corrected chi connectivity index (χ0v) is 10.5. The van der Waals surface area contributed by atoms with E-state index >= 15 is 0 Å². The summed E-state index contributed by atoms with van der Waals surface area (Å²) in [4.78, 5) is 11.3. The fourth-order valence-corrected chi connectivity index (χ4v) is 2.61. The molecule has 2 saturated heterocycles. The molecule has 2 fully saturated rings. The van der Waals surface area contributed by atoms with Crippen molar-refractivity contribution in [2.45, 2.75) is 44.8 Å². The fourth-order valence-electron chi connectivity index (χ4n) is 2.61. The Bertz CT molecular complexity index is 395. The van der Waals surface area contributed by atoms with E-state index in [0.717, 1.165) is 24.7 Å². The van der Waals surface area contributed by atoms with Gasteiger partial charge in [0.1, 0.15) is 0 Å². The van der Waals surface area contributed by atoms with Crippen LogP contribution in [0.2, 0.25) is 0 Å². The van der Waals surface area contributed by atoms with E-state index in [4.69, 9.17) is 4.74 Å². The topological polar surface area (TPSA) is 38.2 Å². The lowest BCUT2D eigenvalue weighted by Gasteiger charge is -2.32. The fraction of sp³-hybridized carbons (Fsp3) is 0.692. The van der Waals surface area contributed by atoms with Crippen molar-refractivity contribution in [3.63, 3.8) is 0 Å². The highest BCUT2D eigenvalue weighted by Gasteiger charge is 2.34. The normalized spacial score (nSPS) is 27.8. The summed E-state index contributed by atoms with van der Waals surface area (Å²) in [6.07, 6.45) is 5.02. The number of nitrogens with zero attached hydrogens (tertiary/aromatic N) is 3. The average molecular weight is 233 g/mol. The minimum Gasteiger partial charge on any atom is -0.371 e. The third-order valence-corrected chi connectivity index (χ3v) is 3.58. The molecule has 3 heterocycles. The van der Waals surface area contributed by atoms with E-state index < -0.39 is 0 Å². The van der Waals surface area contributed by atoms with E-state index in [1.807, 2.05) is 12.3 Å². The summed E-state index contributed by atoms with van der Waals surface area (Å²) in [6, 6.07) is 2.00. The van der Waals surface area contributed by atoms with Gasteiger partial charge in [0, 0.05) is 25.0 Å². The van der Waals surface area contributed by atoms with Gasteiger partial charge in [-0.15, -0.1) is 0 Å². The first-order chi connectivity index (χ1) is 8.22. The summed E-state index contributed by atoms with van der Waals surface area (Å²) in [5.74, 6) is 1.32. The van der Waals surface area contributed by atoms with Crippen LogP contribution in [0.4, 0.5) is 5.95 Å². The standard InChI is InChI=1S/C13H19N3O/c1-9(2)12-5-6-14-13(15-12)16-7-10-3-4-11(8-16)17-10/h5-6,9-11H,3-4,7-8H2,1-2H3. The number of morpholine rings is 1. The van der Waals surface area contributed by atoms with Crippen LogP contribution < -0.4 is 4.90 Å². The summed E-state index contributed by atoms with van der Waals surface area (Å²) >= 11 is 0. The Morgan fingerprint density at radius 2 is 2.00 bits per heavy atom. The molecule has 2 atom stereocenters. The number of fused-ring (bicyclic) bond motifs is 2. The first-order valence-electron chi connectivity index (χ1n) is 6.45. The highest BCUT2D eigenvalue weighted by atomic mass is 16.5. The van der Waals surface area contributed by atoms with Crippen LogP contribution in [0.1, 0.15) is 38.3 Å². The molecule has 0 N–H and O–H groups in total. The van der Waals surface area contributed by atoms with Gasteiger partial charge >= 0.3 is 0 Å². The molecule has 2 bridgehead atoms. The second-order valence-electron chi connectivity index (χ2n) is 5.30. The smallest absolute Gasteiger partial charge is 0.225 e. The van der Waals surface area contributed by atoms with Gasteiger partial charge < -0.3 is 9.64 Å². The minimum atomic E-state index is 0.389. The summed E-state index contributed by atoms with van der Waals surface area (Å²) in [7, 11) is 0. The van der Waals surface area contributed by atoms with Gasteiger partial charge in [0.15, 0.2) is 0 Å². The monoisotopic (exact) mass is 233 g/mol. The van der Waals surface area contributed by atoms with Crippen LogP contribution in [-0.2, 0) is 4.74 Å². The molecular formula is C13H19N3O. The molecule has 4 nitrogen and oxygen atoms in total. The number of hydrogen-bond donors (Lipinski definition) is 0. The largest absolute Gasteiger partial charge is 0.371 e. The van der Waals surface area contributed by atoms with Crippen molar-refractivity contribution in [1.82, 2.24) is 9.97 Å². The Labute approximate surface area is 102 Å². The van der Waals surface area contributed by atoms with Crippen LogP contribution in [0.5, 0.6) is 0 Å². The van der Waals surface area contributed by atoms with E-state index in [-0.39, 0.29) is 0 Å². The highest BCUT2D eigenvalue weighted by molar-refractivity contribution is 5.32.